The first-order valence-electron chi connectivity index (χ1n) is 5.80. The molecule has 0 aromatic heterocycles. The Bertz CT molecular complexity index is 468. The zero-order valence-corrected chi connectivity index (χ0v) is 9.77. The Hall–Kier alpha value is -1.84. The van der Waals surface area contributed by atoms with Crippen LogP contribution in [0.2, 0.25) is 0 Å². The number of amides is 1. The summed E-state index contributed by atoms with van der Waals surface area (Å²) in [6.07, 6.45) is 1.35. The quantitative estimate of drug-likeness (QED) is 0.854. The van der Waals surface area contributed by atoms with Crippen LogP contribution in [0.15, 0.2) is 18.2 Å². The van der Waals surface area contributed by atoms with E-state index in [4.69, 9.17) is 5.11 Å². The van der Waals surface area contributed by atoms with Gasteiger partial charge < -0.3 is 5.11 Å². The van der Waals surface area contributed by atoms with Crippen molar-refractivity contribution in [1.29, 1.82) is 0 Å². The number of benzene rings is 1. The van der Waals surface area contributed by atoms with E-state index in [1.165, 1.54) is 4.90 Å². The molecule has 1 aliphatic rings. The molecule has 1 N–H and O–H groups in total. The average molecular weight is 233 g/mol. The zero-order valence-electron chi connectivity index (χ0n) is 9.77. The summed E-state index contributed by atoms with van der Waals surface area (Å²) < 4.78 is 0. The predicted octanol–water partition coefficient (Wildman–Crippen LogP) is 2.71. The second-order valence-electron chi connectivity index (χ2n) is 4.15. The maximum Gasteiger partial charge on any atom is 0.411 e. The van der Waals surface area contributed by atoms with Gasteiger partial charge in [-0.15, -0.1) is 0 Å². The summed E-state index contributed by atoms with van der Waals surface area (Å²) in [6, 6.07) is 5.28. The van der Waals surface area contributed by atoms with Crippen molar-refractivity contribution in [2.75, 3.05) is 11.4 Å². The van der Waals surface area contributed by atoms with Crippen LogP contribution in [0.4, 0.5) is 10.5 Å². The van der Waals surface area contributed by atoms with Gasteiger partial charge in [-0.05, 0) is 43.5 Å². The van der Waals surface area contributed by atoms with Gasteiger partial charge in [-0.1, -0.05) is 0 Å². The summed E-state index contributed by atoms with van der Waals surface area (Å²) in [6.45, 7) is 2.20. The Kier molecular flexibility index (Phi) is 3.13. The molecule has 0 heterocycles. The Morgan fingerprint density at radius 2 is 2.18 bits per heavy atom. The van der Waals surface area contributed by atoms with Gasteiger partial charge in [0, 0.05) is 24.2 Å². The van der Waals surface area contributed by atoms with Gasteiger partial charge in [0.25, 0.3) is 0 Å². The second kappa shape index (κ2) is 4.57. The minimum Gasteiger partial charge on any atom is -0.465 e. The Labute approximate surface area is 99.9 Å². The van der Waals surface area contributed by atoms with Gasteiger partial charge in [0.1, 0.15) is 0 Å². The Morgan fingerprint density at radius 1 is 1.41 bits per heavy atom. The van der Waals surface area contributed by atoms with E-state index in [2.05, 4.69) is 0 Å². The van der Waals surface area contributed by atoms with Gasteiger partial charge in [-0.2, -0.15) is 0 Å². The first kappa shape index (κ1) is 11.6. The Balaban J connectivity index is 2.39. The molecule has 0 saturated heterocycles. The van der Waals surface area contributed by atoms with E-state index in [1.807, 2.05) is 6.07 Å². The lowest BCUT2D eigenvalue weighted by atomic mass is 9.90. The monoisotopic (exact) mass is 233 g/mol. The molecular formula is C13H15NO3. The van der Waals surface area contributed by atoms with E-state index < -0.39 is 6.09 Å². The Morgan fingerprint density at radius 3 is 2.82 bits per heavy atom. The summed E-state index contributed by atoms with van der Waals surface area (Å²) in [5.74, 6) is 0.163. The molecular weight excluding hydrogens is 218 g/mol. The topological polar surface area (TPSA) is 57.6 Å². The third kappa shape index (κ3) is 2.16. The maximum atomic E-state index is 11.6. The van der Waals surface area contributed by atoms with Crippen LogP contribution in [0.1, 0.15) is 35.7 Å². The fourth-order valence-electron chi connectivity index (χ4n) is 2.23. The molecule has 0 radical (unpaired) electrons. The van der Waals surface area contributed by atoms with Crippen LogP contribution < -0.4 is 4.90 Å². The molecule has 0 atom stereocenters. The van der Waals surface area contributed by atoms with Crippen molar-refractivity contribution in [3.05, 3.63) is 29.3 Å². The van der Waals surface area contributed by atoms with Crippen molar-refractivity contribution in [3.8, 4) is 0 Å². The van der Waals surface area contributed by atoms with Crippen molar-refractivity contribution in [1.82, 2.24) is 0 Å². The molecule has 0 aliphatic heterocycles. The van der Waals surface area contributed by atoms with E-state index in [1.54, 1.807) is 19.1 Å². The van der Waals surface area contributed by atoms with Gasteiger partial charge in [-0.25, -0.2) is 4.79 Å². The molecule has 0 fully saturated rings. The number of carbonyl (C=O) groups excluding carboxylic acids is 1. The van der Waals surface area contributed by atoms with Crippen molar-refractivity contribution >= 4 is 17.6 Å². The number of hydrogen-bond acceptors (Lipinski definition) is 2. The number of fused-ring (bicyclic) bond motifs is 1. The van der Waals surface area contributed by atoms with Crippen molar-refractivity contribution in [2.24, 2.45) is 0 Å². The highest BCUT2D eigenvalue weighted by Gasteiger charge is 2.19. The minimum absolute atomic E-state index is 0.163. The van der Waals surface area contributed by atoms with Crippen molar-refractivity contribution < 1.29 is 14.7 Å². The van der Waals surface area contributed by atoms with Crippen LogP contribution >= 0.6 is 0 Å². The number of Topliss-reactive ketones (excluding diaryl/α,β-unsaturated/α-hetero) is 1. The lowest BCUT2D eigenvalue weighted by molar-refractivity contribution is 0.0972. The van der Waals surface area contributed by atoms with Crippen LogP contribution in [-0.2, 0) is 6.42 Å². The number of hydrogen-bond donors (Lipinski definition) is 1. The molecule has 0 bridgehead atoms. The molecule has 17 heavy (non-hydrogen) atoms. The van der Waals surface area contributed by atoms with Crippen molar-refractivity contribution in [2.45, 2.75) is 26.2 Å². The lowest BCUT2D eigenvalue weighted by Crippen LogP contribution is -2.29. The number of aryl methyl sites for hydroxylation is 1. The second-order valence-corrected chi connectivity index (χ2v) is 4.15. The summed E-state index contributed by atoms with van der Waals surface area (Å²) >= 11 is 0. The van der Waals surface area contributed by atoms with Crippen LogP contribution in [0.25, 0.3) is 0 Å². The summed E-state index contributed by atoms with van der Waals surface area (Å²) in [5, 5.41) is 9.04. The maximum absolute atomic E-state index is 11.6. The highest BCUT2D eigenvalue weighted by molar-refractivity contribution is 5.99. The third-order valence-electron chi connectivity index (χ3n) is 3.10. The van der Waals surface area contributed by atoms with Gasteiger partial charge in [-0.3, -0.25) is 9.69 Å². The van der Waals surface area contributed by atoms with Gasteiger partial charge >= 0.3 is 6.09 Å². The standard InChI is InChI=1S/C13H15NO3/c1-2-14(13(16)17)10-6-7-11-9(8-10)4-3-5-12(11)15/h6-8H,2-5H2,1H3,(H,16,17). The largest absolute Gasteiger partial charge is 0.465 e. The molecule has 1 aliphatic carbocycles. The molecule has 4 heteroatoms. The van der Waals surface area contributed by atoms with E-state index in [9.17, 15) is 9.59 Å². The van der Waals surface area contributed by atoms with Gasteiger partial charge in [0.2, 0.25) is 0 Å². The number of anilines is 1. The molecule has 1 aromatic carbocycles. The van der Waals surface area contributed by atoms with Crippen LogP contribution in [0.3, 0.4) is 0 Å². The number of carboxylic acid groups (broad SMARTS) is 1. The summed E-state index contributed by atoms with van der Waals surface area (Å²) in [5.41, 5.74) is 2.37. The number of ketones is 1. The summed E-state index contributed by atoms with van der Waals surface area (Å²) in [7, 11) is 0. The molecule has 2 rings (SSSR count). The fourth-order valence-corrected chi connectivity index (χ4v) is 2.23. The SMILES string of the molecule is CCN(C(=O)O)c1ccc2c(c1)CCCC2=O. The number of nitrogens with zero attached hydrogens (tertiary/aromatic N) is 1. The average Bonchev–Trinajstić information content (AvgIpc) is 2.29. The molecule has 0 unspecified atom stereocenters. The molecule has 0 spiro atoms. The van der Waals surface area contributed by atoms with E-state index in [0.717, 1.165) is 24.0 Å². The molecule has 1 aromatic rings. The molecule has 1 amide bonds. The molecule has 90 valence electrons. The first-order chi connectivity index (χ1) is 8.13. The third-order valence-corrected chi connectivity index (χ3v) is 3.10. The highest BCUT2D eigenvalue weighted by Crippen LogP contribution is 2.26. The van der Waals surface area contributed by atoms with E-state index in [0.29, 0.717) is 18.7 Å². The first-order valence-corrected chi connectivity index (χ1v) is 5.80. The van der Waals surface area contributed by atoms with Crippen LogP contribution in [0, 0.1) is 0 Å². The predicted molar refractivity (Wildman–Crippen MR) is 64.8 cm³/mol. The van der Waals surface area contributed by atoms with Gasteiger partial charge in [0.15, 0.2) is 5.78 Å². The van der Waals surface area contributed by atoms with E-state index in [-0.39, 0.29) is 5.78 Å². The molecule has 0 saturated carbocycles. The minimum atomic E-state index is -0.963. The zero-order chi connectivity index (χ0) is 12.4. The fraction of sp³-hybridized carbons (Fsp3) is 0.385. The normalized spacial score (nSPS) is 14.3. The summed E-state index contributed by atoms with van der Waals surface area (Å²) in [4.78, 5) is 23.9. The number of rotatable bonds is 2. The van der Waals surface area contributed by atoms with Crippen LogP contribution in [-0.4, -0.2) is 23.5 Å². The number of carbonyl (C=O) groups is 2. The van der Waals surface area contributed by atoms with E-state index >= 15 is 0 Å². The van der Waals surface area contributed by atoms with Crippen LogP contribution in [0.5, 0.6) is 0 Å². The van der Waals surface area contributed by atoms with Crippen molar-refractivity contribution in [3.63, 3.8) is 0 Å². The highest BCUT2D eigenvalue weighted by atomic mass is 16.4. The lowest BCUT2D eigenvalue weighted by Gasteiger charge is -2.21. The molecule has 4 nitrogen and oxygen atoms in total. The smallest absolute Gasteiger partial charge is 0.411 e. The van der Waals surface area contributed by atoms with Gasteiger partial charge in [0.05, 0.1) is 0 Å².